The first kappa shape index (κ1) is 17.4. The third kappa shape index (κ3) is 3.46. The van der Waals surface area contributed by atoms with Crippen LogP contribution in [-0.4, -0.2) is 21.6 Å². The Morgan fingerprint density at radius 1 is 1.31 bits per heavy atom. The first-order valence-corrected chi connectivity index (χ1v) is 10.3. The highest BCUT2D eigenvalue weighted by Gasteiger charge is 2.21. The van der Waals surface area contributed by atoms with Gasteiger partial charge in [0.1, 0.15) is 22.0 Å². The van der Waals surface area contributed by atoms with Crippen molar-refractivity contribution in [2.45, 2.75) is 37.3 Å². The highest BCUT2D eigenvalue weighted by Crippen LogP contribution is 2.39. The summed E-state index contributed by atoms with van der Waals surface area (Å²) in [4.78, 5) is 23.6. The molecule has 4 nitrogen and oxygen atoms in total. The number of fused-ring (bicyclic) bond motifs is 3. The van der Waals surface area contributed by atoms with Crippen LogP contribution >= 0.6 is 23.1 Å². The van der Waals surface area contributed by atoms with Crippen LogP contribution in [0.15, 0.2) is 35.6 Å². The summed E-state index contributed by atoms with van der Waals surface area (Å²) in [5.41, 5.74) is 2.25. The van der Waals surface area contributed by atoms with Gasteiger partial charge in [0.25, 0.3) is 0 Å². The lowest BCUT2D eigenvalue weighted by atomic mass is 10.1. The number of thiophene rings is 1. The number of halogens is 1. The number of hydrogen-bond acceptors (Lipinski definition) is 5. The molecule has 3 aromatic rings. The van der Waals surface area contributed by atoms with Crippen LogP contribution in [0.5, 0.6) is 0 Å². The number of rotatable bonds is 5. The van der Waals surface area contributed by atoms with E-state index in [1.807, 2.05) is 6.92 Å². The average Bonchev–Trinajstić information content (AvgIpc) is 3.21. The summed E-state index contributed by atoms with van der Waals surface area (Å²) >= 11 is 3.20. The van der Waals surface area contributed by atoms with Crippen LogP contribution in [0.25, 0.3) is 10.2 Å². The minimum atomic E-state index is -0.279. The molecule has 1 unspecified atom stereocenters. The van der Waals surface area contributed by atoms with E-state index in [0.29, 0.717) is 5.75 Å². The topological polar surface area (TPSA) is 54.9 Å². The average molecular weight is 388 g/mol. The van der Waals surface area contributed by atoms with Gasteiger partial charge in [-0.1, -0.05) is 23.9 Å². The summed E-state index contributed by atoms with van der Waals surface area (Å²) in [5, 5.41) is 4.98. The second kappa shape index (κ2) is 7.32. The van der Waals surface area contributed by atoms with E-state index in [-0.39, 0.29) is 17.8 Å². The smallest absolute Gasteiger partial charge is 0.230 e. The maximum absolute atomic E-state index is 13.0. The Balaban J connectivity index is 1.43. The van der Waals surface area contributed by atoms with Crippen molar-refractivity contribution in [2.75, 3.05) is 5.75 Å². The SMILES string of the molecule is CC(NC(=O)CSc1ncnc2sc3c(c12)CCC3)c1ccc(F)cc1. The van der Waals surface area contributed by atoms with Crippen molar-refractivity contribution in [2.24, 2.45) is 0 Å². The summed E-state index contributed by atoms with van der Waals surface area (Å²) in [7, 11) is 0. The number of nitrogens with zero attached hydrogens (tertiary/aromatic N) is 2. The number of carbonyl (C=O) groups excluding carboxylic acids is 1. The second-order valence-corrected chi connectivity index (χ2v) is 8.39. The number of hydrogen-bond donors (Lipinski definition) is 1. The highest BCUT2D eigenvalue weighted by molar-refractivity contribution is 8.00. The Morgan fingerprint density at radius 3 is 2.92 bits per heavy atom. The van der Waals surface area contributed by atoms with Crippen LogP contribution < -0.4 is 5.32 Å². The van der Waals surface area contributed by atoms with Gasteiger partial charge in [-0.15, -0.1) is 11.3 Å². The largest absolute Gasteiger partial charge is 0.349 e. The lowest BCUT2D eigenvalue weighted by Gasteiger charge is -2.14. The molecule has 7 heteroatoms. The van der Waals surface area contributed by atoms with Crippen LogP contribution in [0.4, 0.5) is 4.39 Å². The summed E-state index contributed by atoms with van der Waals surface area (Å²) in [6.07, 6.45) is 4.96. The van der Waals surface area contributed by atoms with Gasteiger partial charge in [0, 0.05) is 10.3 Å². The molecule has 1 aliphatic rings. The number of aryl methyl sites for hydroxylation is 2. The number of amides is 1. The van der Waals surface area contributed by atoms with Gasteiger partial charge >= 0.3 is 0 Å². The number of thioether (sulfide) groups is 1. The molecule has 1 atom stereocenters. The van der Waals surface area contributed by atoms with E-state index in [1.54, 1.807) is 29.8 Å². The molecule has 0 spiro atoms. The van der Waals surface area contributed by atoms with Gasteiger partial charge in [-0.05, 0) is 49.4 Å². The van der Waals surface area contributed by atoms with E-state index >= 15 is 0 Å². The van der Waals surface area contributed by atoms with Gasteiger partial charge in [-0.3, -0.25) is 4.79 Å². The van der Waals surface area contributed by atoms with Crippen molar-refractivity contribution < 1.29 is 9.18 Å². The van der Waals surface area contributed by atoms with E-state index in [2.05, 4.69) is 15.3 Å². The predicted octanol–water partition coefficient (Wildman–Crippen LogP) is 4.29. The van der Waals surface area contributed by atoms with Crippen LogP contribution in [0.2, 0.25) is 0 Å². The zero-order valence-corrected chi connectivity index (χ0v) is 15.9. The first-order valence-electron chi connectivity index (χ1n) is 8.54. The molecule has 0 bridgehead atoms. The van der Waals surface area contributed by atoms with Crippen molar-refractivity contribution in [1.82, 2.24) is 15.3 Å². The van der Waals surface area contributed by atoms with Crippen LogP contribution in [0, 0.1) is 5.82 Å². The Morgan fingerprint density at radius 2 is 2.12 bits per heavy atom. The normalized spacial score (nSPS) is 14.4. The molecule has 26 heavy (non-hydrogen) atoms. The van der Waals surface area contributed by atoms with Crippen LogP contribution in [-0.2, 0) is 17.6 Å². The summed E-state index contributed by atoms with van der Waals surface area (Å²) in [6.45, 7) is 1.89. The lowest BCUT2D eigenvalue weighted by molar-refractivity contribution is -0.119. The number of carbonyl (C=O) groups is 1. The summed E-state index contributed by atoms with van der Waals surface area (Å²) < 4.78 is 13.0. The lowest BCUT2D eigenvalue weighted by Crippen LogP contribution is -2.28. The van der Waals surface area contributed by atoms with Gasteiger partial charge in [0.05, 0.1) is 11.8 Å². The fourth-order valence-electron chi connectivity index (χ4n) is 3.26. The zero-order valence-electron chi connectivity index (χ0n) is 14.3. The Hall–Kier alpha value is -1.99. The molecule has 0 saturated heterocycles. The summed E-state index contributed by atoms with van der Waals surface area (Å²) in [5.74, 6) is -0.0493. The van der Waals surface area contributed by atoms with Gasteiger partial charge < -0.3 is 5.32 Å². The summed E-state index contributed by atoms with van der Waals surface area (Å²) in [6, 6.07) is 6.02. The standard InChI is InChI=1S/C19H18FN3OS2/c1-11(12-5-7-13(20)8-6-12)23-16(24)9-25-18-17-14-3-2-4-15(14)26-19(17)22-10-21-18/h5-8,10-11H,2-4,9H2,1H3,(H,23,24). The number of nitrogens with one attached hydrogen (secondary N) is 1. The van der Waals surface area contributed by atoms with Gasteiger partial charge in [0.15, 0.2) is 0 Å². The van der Waals surface area contributed by atoms with E-state index in [9.17, 15) is 9.18 Å². The van der Waals surface area contributed by atoms with E-state index in [0.717, 1.165) is 33.6 Å². The molecule has 0 fully saturated rings. The fraction of sp³-hybridized carbons (Fsp3) is 0.316. The van der Waals surface area contributed by atoms with Gasteiger partial charge in [0.2, 0.25) is 5.91 Å². The van der Waals surface area contributed by atoms with Gasteiger partial charge in [-0.2, -0.15) is 0 Å². The molecular weight excluding hydrogens is 369 g/mol. The third-order valence-corrected chi connectivity index (χ3v) is 6.74. The molecular formula is C19H18FN3OS2. The maximum Gasteiger partial charge on any atom is 0.230 e. The highest BCUT2D eigenvalue weighted by atomic mass is 32.2. The maximum atomic E-state index is 13.0. The molecule has 1 aliphatic carbocycles. The number of benzene rings is 1. The molecule has 2 aromatic heterocycles. The molecule has 2 heterocycles. The monoisotopic (exact) mass is 387 g/mol. The van der Waals surface area contributed by atoms with Gasteiger partial charge in [-0.25, -0.2) is 14.4 Å². The Bertz CT molecular complexity index is 955. The Labute approximate surface area is 159 Å². The molecule has 0 saturated carbocycles. The predicted molar refractivity (Wildman–Crippen MR) is 103 cm³/mol. The van der Waals surface area contributed by atoms with Crippen molar-refractivity contribution in [3.63, 3.8) is 0 Å². The molecule has 0 radical (unpaired) electrons. The minimum Gasteiger partial charge on any atom is -0.349 e. The minimum absolute atomic E-state index is 0.0644. The van der Waals surface area contributed by atoms with E-state index < -0.39 is 0 Å². The zero-order chi connectivity index (χ0) is 18.1. The Kier molecular flexibility index (Phi) is 4.91. The molecule has 134 valence electrons. The molecule has 0 aliphatic heterocycles. The van der Waals surface area contributed by atoms with Crippen molar-refractivity contribution in [1.29, 1.82) is 0 Å². The van der Waals surface area contributed by atoms with Crippen molar-refractivity contribution in [3.05, 3.63) is 52.4 Å². The third-order valence-electron chi connectivity index (χ3n) is 4.55. The number of aromatic nitrogens is 2. The molecule has 1 aromatic carbocycles. The first-order chi connectivity index (χ1) is 12.6. The second-order valence-electron chi connectivity index (χ2n) is 6.35. The molecule has 4 rings (SSSR count). The van der Waals surface area contributed by atoms with Crippen molar-refractivity contribution in [3.8, 4) is 0 Å². The van der Waals surface area contributed by atoms with E-state index in [1.165, 1.54) is 40.8 Å². The quantitative estimate of drug-likeness (QED) is 0.524. The molecule has 1 N–H and O–H groups in total. The van der Waals surface area contributed by atoms with Crippen LogP contribution in [0.3, 0.4) is 0 Å². The van der Waals surface area contributed by atoms with E-state index in [4.69, 9.17) is 0 Å². The molecule has 1 amide bonds. The van der Waals surface area contributed by atoms with Crippen molar-refractivity contribution >= 4 is 39.2 Å². The van der Waals surface area contributed by atoms with Crippen LogP contribution in [0.1, 0.15) is 35.4 Å². The fourth-order valence-corrected chi connectivity index (χ4v) is 5.39.